The number of aliphatic carboxylic acids is 1. The Balaban J connectivity index is 1.10. The number of aromatic amines is 1. The number of carboxylic acids is 1. The molecule has 228 valence electrons. The third kappa shape index (κ3) is 8.52. The standard InChI is InChI=1S/C33H49N7O2/c1-32(2,3)24-39-18-10-33(11-19-39)9-17-38(25-33)15-4-16-40-20-14-34-29(40)22-28(31-35-12-13-36-31)37-23-27-7-5-26(6-8-27)21-30(41)42/h5-8,12-14,20,28,37H,4,9-11,15-19,21-25H2,1-3H3,(H,35,36)(H,41,42). The first-order valence-electron chi connectivity index (χ1n) is 15.6. The molecule has 0 saturated carbocycles. The number of hydrogen-bond acceptors (Lipinski definition) is 6. The highest BCUT2D eigenvalue weighted by atomic mass is 16.4. The quantitative estimate of drug-likeness (QED) is 0.275. The van der Waals surface area contributed by atoms with E-state index in [0.717, 1.165) is 48.7 Å². The average molecular weight is 576 g/mol. The predicted molar refractivity (Wildman–Crippen MR) is 165 cm³/mol. The topological polar surface area (TPSA) is 102 Å². The number of piperidine rings is 1. The number of carboxylic acid groups (broad SMARTS) is 1. The highest BCUT2D eigenvalue weighted by Gasteiger charge is 2.40. The van der Waals surface area contributed by atoms with Gasteiger partial charge in [0.05, 0.1) is 12.5 Å². The summed E-state index contributed by atoms with van der Waals surface area (Å²) in [5.74, 6) is 1.14. The van der Waals surface area contributed by atoms with Gasteiger partial charge in [-0.1, -0.05) is 45.0 Å². The van der Waals surface area contributed by atoms with Gasteiger partial charge >= 0.3 is 5.97 Å². The molecule has 1 spiro atoms. The van der Waals surface area contributed by atoms with Crippen LogP contribution in [0.4, 0.5) is 0 Å². The van der Waals surface area contributed by atoms with Crippen molar-refractivity contribution in [2.75, 3.05) is 39.3 Å². The number of hydrogen-bond donors (Lipinski definition) is 3. The maximum Gasteiger partial charge on any atom is 0.307 e. The number of nitrogens with one attached hydrogen (secondary N) is 2. The van der Waals surface area contributed by atoms with Crippen molar-refractivity contribution in [3.63, 3.8) is 0 Å². The molecule has 9 nitrogen and oxygen atoms in total. The van der Waals surface area contributed by atoms with E-state index in [9.17, 15) is 4.79 Å². The van der Waals surface area contributed by atoms with Crippen LogP contribution in [0.1, 0.15) is 75.3 Å². The second-order valence-corrected chi connectivity index (χ2v) is 13.8. The van der Waals surface area contributed by atoms with Crippen LogP contribution in [0.5, 0.6) is 0 Å². The van der Waals surface area contributed by atoms with Crippen LogP contribution in [0.2, 0.25) is 0 Å². The number of aromatic nitrogens is 4. The molecule has 3 N–H and O–H groups in total. The highest BCUT2D eigenvalue weighted by Crippen LogP contribution is 2.40. The lowest BCUT2D eigenvalue weighted by Crippen LogP contribution is -2.44. The fourth-order valence-corrected chi connectivity index (χ4v) is 6.79. The first kappa shape index (κ1) is 30.4. The zero-order chi connectivity index (χ0) is 29.6. The number of benzene rings is 1. The number of imidazole rings is 2. The lowest BCUT2D eigenvalue weighted by atomic mass is 9.77. The van der Waals surface area contributed by atoms with Crippen molar-refractivity contribution >= 4 is 5.97 Å². The van der Waals surface area contributed by atoms with Gasteiger partial charge in [0, 0.05) is 57.4 Å². The molecule has 0 radical (unpaired) electrons. The van der Waals surface area contributed by atoms with Crippen molar-refractivity contribution in [2.45, 2.75) is 78.4 Å². The molecule has 2 aliphatic heterocycles. The minimum atomic E-state index is -0.814. The van der Waals surface area contributed by atoms with E-state index in [2.05, 4.69) is 56.6 Å². The number of rotatable bonds is 13. The molecule has 2 aliphatic rings. The molecule has 0 bridgehead atoms. The molecule has 0 aliphatic carbocycles. The molecule has 2 saturated heterocycles. The van der Waals surface area contributed by atoms with Gasteiger partial charge in [-0.3, -0.25) is 4.79 Å². The maximum absolute atomic E-state index is 11.0. The predicted octanol–water partition coefficient (Wildman–Crippen LogP) is 4.53. The lowest BCUT2D eigenvalue weighted by molar-refractivity contribution is -0.136. The van der Waals surface area contributed by atoms with Gasteiger partial charge in [0.2, 0.25) is 0 Å². The minimum absolute atomic E-state index is 0.0116. The molecule has 1 aromatic carbocycles. The van der Waals surface area contributed by atoms with E-state index in [1.807, 2.05) is 36.7 Å². The molecule has 3 aromatic rings. The molecule has 2 aromatic heterocycles. The van der Waals surface area contributed by atoms with Crippen LogP contribution in [-0.4, -0.2) is 79.7 Å². The van der Waals surface area contributed by atoms with Crippen molar-refractivity contribution in [3.05, 3.63) is 71.8 Å². The van der Waals surface area contributed by atoms with Crippen LogP contribution in [-0.2, 0) is 30.7 Å². The second-order valence-electron chi connectivity index (χ2n) is 13.8. The van der Waals surface area contributed by atoms with Gasteiger partial charge < -0.3 is 29.8 Å². The second kappa shape index (κ2) is 13.5. The summed E-state index contributed by atoms with van der Waals surface area (Å²) < 4.78 is 2.30. The van der Waals surface area contributed by atoms with Gasteiger partial charge in [-0.25, -0.2) is 9.97 Å². The van der Waals surface area contributed by atoms with Gasteiger partial charge in [0.15, 0.2) is 0 Å². The zero-order valence-corrected chi connectivity index (χ0v) is 25.7. The number of aryl methyl sites for hydroxylation is 1. The lowest BCUT2D eigenvalue weighted by Gasteiger charge is -2.41. The minimum Gasteiger partial charge on any atom is -0.481 e. The number of likely N-dealkylation sites (tertiary alicyclic amines) is 2. The summed E-state index contributed by atoms with van der Waals surface area (Å²) in [6.45, 7) is 16.0. The van der Waals surface area contributed by atoms with Crippen molar-refractivity contribution in [3.8, 4) is 0 Å². The van der Waals surface area contributed by atoms with Crippen LogP contribution in [0.25, 0.3) is 0 Å². The van der Waals surface area contributed by atoms with Crippen LogP contribution in [0, 0.1) is 10.8 Å². The molecular formula is C33H49N7O2. The third-order valence-electron chi connectivity index (χ3n) is 8.97. The monoisotopic (exact) mass is 575 g/mol. The van der Waals surface area contributed by atoms with E-state index in [4.69, 9.17) is 10.1 Å². The van der Waals surface area contributed by atoms with Crippen molar-refractivity contribution in [2.24, 2.45) is 10.8 Å². The Bertz CT molecular complexity index is 1250. The highest BCUT2D eigenvalue weighted by molar-refractivity contribution is 5.70. The van der Waals surface area contributed by atoms with Gasteiger partial charge in [-0.15, -0.1) is 0 Å². The Labute approximate surface area is 250 Å². The summed E-state index contributed by atoms with van der Waals surface area (Å²) in [4.78, 5) is 28.9. The average Bonchev–Trinajstić information content (AvgIpc) is 3.71. The molecule has 1 unspecified atom stereocenters. The summed E-state index contributed by atoms with van der Waals surface area (Å²) in [6, 6.07) is 7.74. The van der Waals surface area contributed by atoms with Crippen LogP contribution in [0.15, 0.2) is 49.1 Å². The summed E-state index contributed by atoms with van der Waals surface area (Å²) in [6.07, 6.45) is 13.6. The van der Waals surface area contributed by atoms with Gasteiger partial charge in [0.1, 0.15) is 11.6 Å². The summed E-state index contributed by atoms with van der Waals surface area (Å²) in [5.41, 5.74) is 2.82. The van der Waals surface area contributed by atoms with E-state index in [1.54, 1.807) is 6.20 Å². The molecule has 5 rings (SSSR count). The fraction of sp³-hybridized carbons (Fsp3) is 0.606. The SMILES string of the molecule is CC(C)(C)CN1CCC2(CC1)CCN(CCCn1ccnc1CC(NCc1ccc(CC(=O)O)cc1)c1ncc[nH]1)C2. The van der Waals surface area contributed by atoms with Crippen LogP contribution >= 0.6 is 0 Å². The molecule has 0 amide bonds. The largest absolute Gasteiger partial charge is 0.481 e. The Kier molecular flexibility index (Phi) is 9.81. The van der Waals surface area contributed by atoms with E-state index in [1.165, 1.54) is 52.0 Å². The molecule has 4 heterocycles. The normalized spacial score (nSPS) is 18.5. The number of carbonyl (C=O) groups is 1. The van der Waals surface area contributed by atoms with E-state index in [-0.39, 0.29) is 12.5 Å². The van der Waals surface area contributed by atoms with Crippen LogP contribution in [0.3, 0.4) is 0 Å². The van der Waals surface area contributed by atoms with Crippen LogP contribution < -0.4 is 5.32 Å². The van der Waals surface area contributed by atoms with Crippen molar-refractivity contribution in [1.82, 2.24) is 34.6 Å². The Morgan fingerprint density at radius 2 is 1.74 bits per heavy atom. The smallest absolute Gasteiger partial charge is 0.307 e. The summed E-state index contributed by atoms with van der Waals surface area (Å²) >= 11 is 0. The van der Waals surface area contributed by atoms with Gasteiger partial charge in [-0.05, 0) is 73.8 Å². The van der Waals surface area contributed by atoms with Crippen molar-refractivity contribution < 1.29 is 9.90 Å². The van der Waals surface area contributed by atoms with E-state index in [0.29, 0.717) is 17.4 Å². The van der Waals surface area contributed by atoms with Gasteiger partial charge in [-0.2, -0.15) is 0 Å². The maximum atomic E-state index is 11.0. The first-order chi connectivity index (χ1) is 20.2. The van der Waals surface area contributed by atoms with E-state index < -0.39 is 5.97 Å². The molecule has 9 heteroatoms. The molecular weight excluding hydrogens is 526 g/mol. The first-order valence-corrected chi connectivity index (χ1v) is 15.6. The number of H-pyrrole nitrogens is 1. The molecule has 2 fully saturated rings. The summed E-state index contributed by atoms with van der Waals surface area (Å²) in [5, 5.41) is 12.7. The Morgan fingerprint density at radius 3 is 2.40 bits per heavy atom. The molecule has 1 atom stereocenters. The Morgan fingerprint density at radius 1 is 1.02 bits per heavy atom. The fourth-order valence-electron chi connectivity index (χ4n) is 6.79. The Hall–Kier alpha value is -3.01. The van der Waals surface area contributed by atoms with E-state index >= 15 is 0 Å². The van der Waals surface area contributed by atoms with Gasteiger partial charge in [0.25, 0.3) is 0 Å². The third-order valence-corrected chi connectivity index (χ3v) is 8.97. The molecule has 42 heavy (non-hydrogen) atoms. The van der Waals surface area contributed by atoms with Crippen molar-refractivity contribution in [1.29, 1.82) is 0 Å². The summed E-state index contributed by atoms with van der Waals surface area (Å²) in [7, 11) is 0. The number of nitrogens with zero attached hydrogens (tertiary/aromatic N) is 5. The zero-order valence-electron chi connectivity index (χ0n) is 25.7.